The van der Waals surface area contributed by atoms with E-state index < -0.39 is 35.1 Å². The second-order valence-corrected chi connectivity index (χ2v) is 7.19. The Kier molecular flexibility index (Phi) is 7.30. The molecule has 2 fully saturated rings. The second-order valence-electron chi connectivity index (χ2n) is 7.19. The zero-order chi connectivity index (χ0) is 22.5. The maximum Gasteiger partial charge on any atom is 0.337 e. The van der Waals surface area contributed by atoms with Crippen LogP contribution in [0.15, 0.2) is 59.3 Å². The summed E-state index contributed by atoms with van der Waals surface area (Å²) in [5.41, 5.74) is -2.83. The molecule has 0 aliphatic carbocycles. The van der Waals surface area contributed by atoms with E-state index in [2.05, 4.69) is 10.1 Å². The van der Waals surface area contributed by atoms with Gasteiger partial charge in [0.25, 0.3) is 5.91 Å². The normalized spacial score (nSPS) is 30.1. The molecule has 0 radical (unpaired) electrons. The van der Waals surface area contributed by atoms with Crippen LogP contribution in [0.4, 0.5) is 0 Å². The summed E-state index contributed by atoms with van der Waals surface area (Å²) < 4.78 is 9.95. The topological polar surface area (TPSA) is 122 Å². The predicted molar refractivity (Wildman–Crippen MR) is 109 cm³/mol. The zero-order valence-corrected chi connectivity index (χ0v) is 17.5. The van der Waals surface area contributed by atoms with Gasteiger partial charge in [0.1, 0.15) is 0 Å². The number of Topliss-reactive ketones (excluding diaryl/α,β-unsaturated/α-hetero) is 1. The Labute approximate surface area is 175 Å². The van der Waals surface area contributed by atoms with Crippen LogP contribution in [0.1, 0.15) is 27.2 Å². The van der Waals surface area contributed by atoms with Crippen molar-refractivity contribution in [2.24, 2.45) is 0 Å². The van der Waals surface area contributed by atoms with Gasteiger partial charge in [-0.3, -0.25) is 9.59 Å². The Morgan fingerprint density at radius 3 is 2.57 bits per heavy atom. The lowest BCUT2D eigenvalue weighted by molar-refractivity contribution is -0.160. The molecule has 0 bridgehead atoms. The molecule has 1 amide bonds. The molecule has 8 heteroatoms. The Balaban J connectivity index is 2.06. The lowest BCUT2D eigenvalue weighted by Crippen LogP contribution is -2.55. The van der Waals surface area contributed by atoms with Crippen molar-refractivity contribution in [3.8, 4) is 0 Å². The highest BCUT2D eigenvalue weighted by Crippen LogP contribution is 2.39. The number of allylic oxidation sites excluding steroid dienone is 7. The molecular weight excluding hydrogens is 390 g/mol. The maximum atomic E-state index is 12.7. The first-order valence-corrected chi connectivity index (χ1v) is 9.48. The molecule has 2 aliphatic rings. The van der Waals surface area contributed by atoms with Gasteiger partial charge in [0, 0.05) is 6.42 Å². The number of nitrogens with one attached hydrogen (secondary N) is 1. The quantitative estimate of drug-likeness (QED) is 0.245. The summed E-state index contributed by atoms with van der Waals surface area (Å²) in [5.74, 6) is -2.23. The van der Waals surface area contributed by atoms with Crippen LogP contribution in [0.3, 0.4) is 0 Å². The number of carbonyl (C=O) groups excluding carboxylic acids is 3. The Bertz CT molecular complexity index is 880. The van der Waals surface area contributed by atoms with Crippen molar-refractivity contribution in [3.63, 3.8) is 0 Å². The van der Waals surface area contributed by atoms with E-state index >= 15 is 0 Å². The lowest BCUT2D eigenvalue weighted by atomic mass is 9.86. The lowest BCUT2D eigenvalue weighted by Gasteiger charge is -2.26. The van der Waals surface area contributed by atoms with Gasteiger partial charge in [0.05, 0.1) is 19.3 Å². The first-order chi connectivity index (χ1) is 14.1. The maximum absolute atomic E-state index is 12.7. The molecule has 3 atom stereocenters. The van der Waals surface area contributed by atoms with Crippen molar-refractivity contribution in [2.75, 3.05) is 13.7 Å². The summed E-state index contributed by atoms with van der Waals surface area (Å²) in [6.07, 6.45) is 10.2. The second kappa shape index (κ2) is 9.34. The molecule has 0 aromatic rings. The first kappa shape index (κ1) is 23.5. The fraction of sp³-hybridized carbons (Fsp3) is 0.409. The monoisotopic (exact) mass is 417 g/mol. The van der Waals surface area contributed by atoms with Gasteiger partial charge in [-0.1, -0.05) is 42.0 Å². The third-order valence-electron chi connectivity index (χ3n) is 5.00. The van der Waals surface area contributed by atoms with Crippen LogP contribution in [0.2, 0.25) is 0 Å². The summed E-state index contributed by atoms with van der Waals surface area (Å²) in [6.45, 7) is 5.15. The molecule has 2 rings (SSSR count). The number of ketones is 1. The molecule has 2 saturated heterocycles. The molecule has 0 unspecified atom stereocenters. The van der Waals surface area contributed by atoms with Gasteiger partial charge in [-0.15, -0.1) is 0 Å². The predicted octanol–water partition coefficient (Wildman–Crippen LogP) is 1.02. The van der Waals surface area contributed by atoms with Crippen LogP contribution >= 0.6 is 0 Å². The van der Waals surface area contributed by atoms with Crippen molar-refractivity contribution >= 4 is 17.7 Å². The molecule has 2 heterocycles. The molecule has 0 aromatic carbocycles. The van der Waals surface area contributed by atoms with Crippen LogP contribution in [0, 0.1) is 0 Å². The minimum Gasteiger partial charge on any atom is -0.465 e. The summed E-state index contributed by atoms with van der Waals surface area (Å²) in [6, 6.07) is 0. The van der Waals surface area contributed by atoms with Crippen molar-refractivity contribution in [3.05, 3.63) is 59.3 Å². The van der Waals surface area contributed by atoms with Gasteiger partial charge in [-0.2, -0.15) is 0 Å². The first-order valence-electron chi connectivity index (χ1n) is 9.48. The molecule has 3 N–H and O–H groups in total. The molecule has 0 saturated carbocycles. The number of methoxy groups -OCH3 is 1. The van der Waals surface area contributed by atoms with Gasteiger partial charge in [-0.05, 0) is 32.4 Å². The standard InChI is InChI=1S/C22H27NO7/c1-5-16(18(25)29-4)13-14(2)9-7-6-8-10-15(3)17(24)22(28)19-21(27,11-12-30-19)23-20(22)26/h5-10,13,19,27-28H,11-12H2,1-4H3,(H,23,26)/b8-6+,9-7+,14-13+,15-10+,16-5+/t19-,21-,22-/m0/s1. The largest absolute Gasteiger partial charge is 0.465 e. The number of rotatable bonds is 7. The number of amides is 1. The SMILES string of the molecule is C\C=C(/C=C(C)/C=C/C=C/C=C(\C)C(=O)[C@@]1(O)C(=O)N[C@]2(O)CCO[C@H]12)C(=O)OC. The van der Waals surface area contributed by atoms with Crippen molar-refractivity contribution in [2.45, 2.75) is 44.6 Å². The van der Waals surface area contributed by atoms with E-state index in [1.165, 1.54) is 20.1 Å². The highest BCUT2D eigenvalue weighted by atomic mass is 16.5. The van der Waals surface area contributed by atoms with E-state index in [4.69, 9.17) is 4.74 Å². The van der Waals surface area contributed by atoms with E-state index in [0.29, 0.717) is 5.57 Å². The fourth-order valence-corrected chi connectivity index (χ4v) is 3.35. The molecule has 0 aromatic heterocycles. The van der Waals surface area contributed by atoms with Gasteiger partial charge in [-0.25, -0.2) is 4.79 Å². The zero-order valence-electron chi connectivity index (χ0n) is 17.5. The Morgan fingerprint density at radius 2 is 1.93 bits per heavy atom. The van der Waals surface area contributed by atoms with Crippen LogP contribution in [-0.4, -0.2) is 59.0 Å². The minimum atomic E-state index is -2.47. The van der Waals surface area contributed by atoms with Gasteiger partial charge in [0.15, 0.2) is 11.8 Å². The van der Waals surface area contributed by atoms with Crippen LogP contribution in [0.5, 0.6) is 0 Å². The molecule has 8 nitrogen and oxygen atoms in total. The van der Waals surface area contributed by atoms with Crippen LogP contribution in [0.25, 0.3) is 0 Å². The van der Waals surface area contributed by atoms with Crippen LogP contribution < -0.4 is 5.32 Å². The number of hydrogen-bond acceptors (Lipinski definition) is 7. The average molecular weight is 417 g/mol. The molecule has 2 aliphatic heterocycles. The van der Waals surface area contributed by atoms with E-state index in [9.17, 15) is 24.6 Å². The van der Waals surface area contributed by atoms with Crippen molar-refractivity contribution in [1.29, 1.82) is 0 Å². The van der Waals surface area contributed by atoms with Crippen molar-refractivity contribution in [1.82, 2.24) is 5.32 Å². The van der Waals surface area contributed by atoms with E-state index in [0.717, 1.165) is 5.57 Å². The summed E-state index contributed by atoms with van der Waals surface area (Å²) >= 11 is 0. The van der Waals surface area contributed by atoms with Gasteiger partial charge < -0.3 is 25.0 Å². The number of aliphatic hydroxyl groups is 2. The van der Waals surface area contributed by atoms with Crippen LogP contribution in [-0.2, 0) is 23.9 Å². The highest BCUT2D eigenvalue weighted by Gasteiger charge is 2.68. The average Bonchev–Trinajstić information content (AvgIpc) is 3.18. The summed E-state index contributed by atoms with van der Waals surface area (Å²) in [5, 5.41) is 23.3. The Morgan fingerprint density at radius 1 is 1.23 bits per heavy atom. The van der Waals surface area contributed by atoms with E-state index in [1.807, 2.05) is 6.92 Å². The number of hydrogen-bond donors (Lipinski definition) is 3. The molecule has 162 valence electrons. The Hall–Kier alpha value is -2.81. The highest BCUT2D eigenvalue weighted by molar-refractivity contribution is 6.18. The number of ether oxygens (including phenoxy) is 2. The fourth-order valence-electron chi connectivity index (χ4n) is 3.35. The summed E-state index contributed by atoms with van der Waals surface area (Å²) in [7, 11) is 1.31. The third-order valence-corrected chi connectivity index (χ3v) is 5.00. The molecular formula is C22H27NO7. The smallest absolute Gasteiger partial charge is 0.337 e. The van der Waals surface area contributed by atoms with E-state index in [1.54, 1.807) is 43.4 Å². The van der Waals surface area contributed by atoms with E-state index in [-0.39, 0.29) is 18.6 Å². The number of fused-ring (bicyclic) bond motifs is 1. The number of carbonyl (C=O) groups is 3. The minimum absolute atomic E-state index is 0.101. The molecule has 0 spiro atoms. The number of esters is 1. The van der Waals surface area contributed by atoms with Gasteiger partial charge >= 0.3 is 5.97 Å². The van der Waals surface area contributed by atoms with Crippen molar-refractivity contribution < 1.29 is 34.1 Å². The molecule has 30 heavy (non-hydrogen) atoms. The third kappa shape index (κ3) is 4.51. The summed E-state index contributed by atoms with van der Waals surface area (Å²) in [4.78, 5) is 36.4. The van der Waals surface area contributed by atoms with Gasteiger partial charge in [0.2, 0.25) is 11.4 Å².